The van der Waals surface area contributed by atoms with Gasteiger partial charge in [-0.3, -0.25) is 0 Å². The highest BCUT2D eigenvalue weighted by Gasteiger charge is 1.96. The molecule has 0 spiro atoms. The third-order valence-electron chi connectivity index (χ3n) is 2.28. The normalized spacial score (nSPS) is 12.4. The molecule has 1 N–H and O–H groups in total. The summed E-state index contributed by atoms with van der Waals surface area (Å²) in [5.74, 6) is 0. The molecule has 0 amide bonds. The third-order valence-corrected chi connectivity index (χ3v) is 2.28. The van der Waals surface area contributed by atoms with Crippen LogP contribution in [0.3, 0.4) is 0 Å². The van der Waals surface area contributed by atoms with E-state index in [0.29, 0.717) is 0 Å². The van der Waals surface area contributed by atoms with Gasteiger partial charge in [-0.05, 0) is 32.9 Å². The lowest BCUT2D eigenvalue weighted by Gasteiger charge is -2.16. The van der Waals surface area contributed by atoms with Crippen LogP contribution in [0.25, 0.3) is 0 Å². The Morgan fingerprint density at radius 1 is 1.29 bits per heavy atom. The maximum absolute atomic E-state index is 3.17. The van der Waals surface area contributed by atoms with Gasteiger partial charge in [0.2, 0.25) is 0 Å². The first-order chi connectivity index (χ1) is 8.15. The average Bonchev–Trinajstić information content (AvgIpc) is 2.37. The van der Waals surface area contributed by atoms with Crippen molar-refractivity contribution >= 4 is 0 Å². The van der Waals surface area contributed by atoms with Crippen molar-refractivity contribution in [3.63, 3.8) is 0 Å². The topological polar surface area (TPSA) is 15.3 Å². The largest absolute Gasteiger partial charge is 0.355 e. The Bertz CT molecular complexity index is 250. The maximum Gasteiger partial charge on any atom is 0.0216 e. The number of hydrogen-bond acceptors (Lipinski definition) is 2. The predicted octanol–water partition coefficient (Wildman–Crippen LogP) is 3.94. The molecule has 0 aromatic carbocycles. The lowest BCUT2D eigenvalue weighted by Crippen LogP contribution is -2.14. The summed E-state index contributed by atoms with van der Waals surface area (Å²) in [7, 11) is 4.04. The molecule has 0 saturated heterocycles. The SMILES string of the molecule is C/C=C(\C)N(C)/C=C(\C=C\CC)CNC.CC. The first-order valence-corrected chi connectivity index (χ1v) is 6.53. The molecule has 2 heteroatoms. The van der Waals surface area contributed by atoms with Crippen molar-refractivity contribution in [1.29, 1.82) is 0 Å². The summed E-state index contributed by atoms with van der Waals surface area (Å²) in [6.07, 6.45) is 9.71. The highest BCUT2D eigenvalue weighted by atomic mass is 15.1. The summed E-state index contributed by atoms with van der Waals surface area (Å²) in [4.78, 5) is 2.15. The molecule has 2 nitrogen and oxygen atoms in total. The predicted molar refractivity (Wildman–Crippen MR) is 80.0 cm³/mol. The smallest absolute Gasteiger partial charge is 0.0216 e. The molecule has 0 aromatic heterocycles. The molecular formula is C15H30N2. The van der Waals surface area contributed by atoms with E-state index in [2.05, 4.69) is 62.5 Å². The summed E-state index contributed by atoms with van der Waals surface area (Å²) in [6.45, 7) is 11.2. The summed E-state index contributed by atoms with van der Waals surface area (Å²) < 4.78 is 0. The number of allylic oxidation sites excluding steroid dienone is 3. The Balaban J connectivity index is 0. The standard InChI is InChI=1S/C13H24N2.C2H6/c1-6-8-9-13(10-14-4)11-15(5)12(3)7-2;1-2/h7-9,11,14H,6,10H2,1-5H3;1-2H3/b9-8+,12-7+,13-11+;. The second-order valence-corrected chi connectivity index (χ2v) is 3.59. The van der Waals surface area contributed by atoms with E-state index in [4.69, 9.17) is 0 Å². The van der Waals surface area contributed by atoms with Gasteiger partial charge >= 0.3 is 0 Å². The highest BCUT2D eigenvalue weighted by molar-refractivity contribution is 5.21. The minimum atomic E-state index is 0.901. The van der Waals surface area contributed by atoms with Crippen LogP contribution in [0.2, 0.25) is 0 Å². The number of nitrogens with one attached hydrogen (secondary N) is 1. The van der Waals surface area contributed by atoms with Crippen LogP contribution in [-0.4, -0.2) is 25.5 Å². The number of nitrogens with zero attached hydrogens (tertiary/aromatic N) is 1. The van der Waals surface area contributed by atoms with Crippen LogP contribution in [0, 0.1) is 0 Å². The van der Waals surface area contributed by atoms with Crippen LogP contribution >= 0.6 is 0 Å². The van der Waals surface area contributed by atoms with Gasteiger partial charge in [0.25, 0.3) is 0 Å². The second-order valence-electron chi connectivity index (χ2n) is 3.59. The minimum absolute atomic E-state index is 0.901. The fraction of sp³-hybridized carbons (Fsp3) is 0.600. The molecular weight excluding hydrogens is 208 g/mol. The van der Waals surface area contributed by atoms with Crippen molar-refractivity contribution in [3.05, 3.63) is 35.7 Å². The summed E-state index contributed by atoms with van der Waals surface area (Å²) >= 11 is 0. The van der Waals surface area contributed by atoms with Crippen molar-refractivity contribution < 1.29 is 0 Å². The van der Waals surface area contributed by atoms with Crippen molar-refractivity contribution in [3.8, 4) is 0 Å². The van der Waals surface area contributed by atoms with Gasteiger partial charge in [-0.1, -0.05) is 39.0 Å². The molecule has 0 saturated carbocycles. The van der Waals surface area contributed by atoms with E-state index in [1.807, 2.05) is 20.9 Å². The molecule has 0 unspecified atom stereocenters. The molecule has 0 radical (unpaired) electrons. The van der Waals surface area contributed by atoms with Gasteiger partial charge < -0.3 is 10.2 Å². The quantitative estimate of drug-likeness (QED) is 0.705. The van der Waals surface area contributed by atoms with E-state index in [1.54, 1.807) is 0 Å². The van der Waals surface area contributed by atoms with E-state index in [0.717, 1.165) is 13.0 Å². The molecule has 0 aliphatic carbocycles. The first-order valence-electron chi connectivity index (χ1n) is 6.53. The van der Waals surface area contributed by atoms with Gasteiger partial charge in [0.05, 0.1) is 0 Å². The summed E-state index contributed by atoms with van der Waals surface area (Å²) in [5.41, 5.74) is 2.55. The highest BCUT2D eigenvalue weighted by Crippen LogP contribution is 2.05. The summed E-state index contributed by atoms with van der Waals surface area (Å²) in [5, 5.41) is 3.17. The first kappa shape index (κ1) is 18.3. The number of hydrogen-bond donors (Lipinski definition) is 1. The monoisotopic (exact) mass is 238 g/mol. The zero-order chi connectivity index (χ0) is 13.7. The van der Waals surface area contributed by atoms with Crippen molar-refractivity contribution in [2.24, 2.45) is 0 Å². The zero-order valence-corrected chi connectivity index (χ0v) is 12.7. The Labute approximate surface area is 108 Å². The Morgan fingerprint density at radius 2 is 1.88 bits per heavy atom. The van der Waals surface area contributed by atoms with Crippen LogP contribution in [0.1, 0.15) is 41.0 Å². The molecule has 0 bridgehead atoms. The van der Waals surface area contributed by atoms with Gasteiger partial charge in [0.15, 0.2) is 0 Å². The van der Waals surface area contributed by atoms with E-state index < -0.39 is 0 Å². The molecule has 0 aromatic rings. The second kappa shape index (κ2) is 13.0. The van der Waals surface area contributed by atoms with Crippen LogP contribution < -0.4 is 5.32 Å². The fourth-order valence-electron chi connectivity index (χ4n) is 1.18. The fourth-order valence-corrected chi connectivity index (χ4v) is 1.18. The molecule has 0 atom stereocenters. The Morgan fingerprint density at radius 3 is 2.29 bits per heavy atom. The Kier molecular flexibility index (Phi) is 14.1. The number of rotatable bonds is 6. The van der Waals surface area contributed by atoms with Gasteiger partial charge in [0, 0.05) is 25.5 Å². The molecule has 100 valence electrons. The van der Waals surface area contributed by atoms with E-state index in [-0.39, 0.29) is 0 Å². The third kappa shape index (κ3) is 9.88. The van der Waals surface area contributed by atoms with Gasteiger partial charge in [0.1, 0.15) is 0 Å². The summed E-state index contributed by atoms with van der Waals surface area (Å²) in [6, 6.07) is 0. The van der Waals surface area contributed by atoms with Crippen molar-refractivity contribution in [2.75, 3.05) is 20.6 Å². The molecule has 17 heavy (non-hydrogen) atoms. The van der Waals surface area contributed by atoms with Crippen LogP contribution in [0.15, 0.2) is 35.7 Å². The van der Waals surface area contributed by atoms with Gasteiger partial charge in [-0.15, -0.1) is 0 Å². The lowest BCUT2D eigenvalue weighted by molar-refractivity contribution is 0.562. The molecule has 0 aliphatic heterocycles. The molecule has 0 fully saturated rings. The van der Waals surface area contributed by atoms with Crippen LogP contribution in [0.5, 0.6) is 0 Å². The molecule has 0 aliphatic rings. The van der Waals surface area contributed by atoms with Gasteiger partial charge in [-0.25, -0.2) is 0 Å². The van der Waals surface area contributed by atoms with Crippen LogP contribution in [0.4, 0.5) is 0 Å². The van der Waals surface area contributed by atoms with Gasteiger partial charge in [-0.2, -0.15) is 0 Å². The Hall–Kier alpha value is -1.02. The van der Waals surface area contributed by atoms with E-state index in [9.17, 15) is 0 Å². The van der Waals surface area contributed by atoms with Crippen molar-refractivity contribution in [2.45, 2.75) is 41.0 Å². The average molecular weight is 238 g/mol. The maximum atomic E-state index is 3.17. The van der Waals surface area contributed by atoms with E-state index in [1.165, 1.54) is 11.3 Å². The molecule has 0 heterocycles. The minimum Gasteiger partial charge on any atom is -0.355 e. The molecule has 0 rings (SSSR count). The zero-order valence-electron chi connectivity index (χ0n) is 12.7. The number of likely N-dealkylation sites (N-methyl/N-ethyl adjacent to an activating group) is 1. The van der Waals surface area contributed by atoms with E-state index >= 15 is 0 Å². The van der Waals surface area contributed by atoms with Crippen LogP contribution in [-0.2, 0) is 0 Å². The van der Waals surface area contributed by atoms with Crippen molar-refractivity contribution in [1.82, 2.24) is 10.2 Å². The lowest BCUT2D eigenvalue weighted by atomic mass is 10.2.